The predicted molar refractivity (Wildman–Crippen MR) is 97.4 cm³/mol. The molecule has 2 N–H and O–H groups in total. The van der Waals surface area contributed by atoms with Crippen LogP contribution in [0.3, 0.4) is 0 Å². The molecular formula is C18H19FN3P. The van der Waals surface area contributed by atoms with Gasteiger partial charge >= 0.3 is 0 Å². The van der Waals surface area contributed by atoms with Crippen LogP contribution in [0.5, 0.6) is 0 Å². The molecule has 0 saturated carbocycles. The molecule has 2 aromatic carbocycles. The lowest BCUT2D eigenvalue weighted by Crippen LogP contribution is -2.24. The van der Waals surface area contributed by atoms with E-state index in [9.17, 15) is 4.39 Å². The van der Waals surface area contributed by atoms with Gasteiger partial charge in [0.1, 0.15) is 5.82 Å². The fraction of sp³-hybridized carbons (Fsp3) is 0.222. The lowest BCUT2D eigenvalue weighted by molar-refractivity contribution is 0.622. The van der Waals surface area contributed by atoms with Crippen LogP contribution in [-0.4, -0.2) is 11.1 Å². The average Bonchev–Trinajstić information content (AvgIpc) is 2.84. The molecule has 0 fully saturated rings. The quantitative estimate of drug-likeness (QED) is 0.708. The number of aryl methyl sites for hydroxylation is 1. The van der Waals surface area contributed by atoms with E-state index < -0.39 is 0 Å². The van der Waals surface area contributed by atoms with Crippen molar-refractivity contribution in [1.82, 2.24) is 9.88 Å². The van der Waals surface area contributed by atoms with Crippen LogP contribution in [0.2, 0.25) is 0 Å². The lowest BCUT2D eigenvalue weighted by atomic mass is 10.1. The number of hydrogen-bond acceptors (Lipinski definition) is 2. The highest BCUT2D eigenvalue weighted by atomic mass is 31.0. The first-order chi connectivity index (χ1) is 11.1. The second-order valence-electron chi connectivity index (χ2n) is 6.00. The third-order valence-electron chi connectivity index (χ3n) is 4.56. The molecule has 23 heavy (non-hydrogen) atoms. The van der Waals surface area contributed by atoms with Gasteiger partial charge < -0.3 is 15.2 Å². The fourth-order valence-electron chi connectivity index (χ4n) is 3.38. The molecule has 0 aliphatic carbocycles. The van der Waals surface area contributed by atoms with Crippen LogP contribution in [0, 0.1) is 5.82 Å². The van der Waals surface area contributed by atoms with Gasteiger partial charge in [-0.2, -0.15) is 0 Å². The van der Waals surface area contributed by atoms with E-state index in [1.807, 2.05) is 0 Å². The average molecular weight is 327 g/mol. The van der Waals surface area contributed by atoms with E-state index in [1.165, 1.54) is 28.2 Å². The highest BCUT2D eigenvalue weighted by Crippen LogP contribution is 2.30. The highest BCUT2D eigenvalue weighted by molar-refractivity contribution is 7.27. The maximum Gasteiger partial charge on any atom is 0.130 e. The van der Waals surface area contributed by atoms with Gasteiger partial charge in [-0.1, -0.05) is 0 Å². The lowest BCUT2D eigenvalue weighted by Gasteiger charge is -2.14. The summed E-state index contributed by atoms with van der Waals surface area (Å²) in [5.74, 6) is -0.209. The number of benzene rings is 2. The second-order valence-corrected chi connectivity index (χ2v) is 6.63. The van der Waals surface area contributed by atoms with Crippen LogP contribution < -0.4 is 15.9 Å². The number of halogens is 1. The van der Waals surface area contributed by atoms with Crippen molar-refractivity contribution < 1.29 is 4.39 Å². The highest BCUT2D eigenvalue weighted by Gasteiger charge is 2.18. The van der Waals surface area contributed by atoms with Gasteiger partial charge in [0, 0.05) is 59.8 Å². The van der Waals surface area contributed by atoms with Crippen LogP contribution in [0.1, 0.15) is 11.3 Å². The van der Waals surface area contributed by atoms with Gasteiger partial charge in [-0.25, -0.2) is 4.39 Å². The molecule has 1 atom stereocenters. The minimum Gasteiger partial charge on any atom is -0.355 e. The molecule has 1 aromatic heterocycles. The second kappa shape index (κ2) is 5.63. The van der Waals surface area contributed by atoms with E-state index >= 15 is 0 Å². The van der Waals surface area contributed by atoms with Crippen molar-refractivity contribution in [3.05, 3.63) is 53.5 Å². The third-order valence-corrected chi connectivity index (χ3v) is 5.00. The zero-order chi connectivity index (χ0) is 16.0. The first kappa shape index (κ1) is 14.7. The summed E-state index contributed by atoms with van der Waals surface area (Å²) in [7, 11) is 4.56. The minimum absolute atomic E-state index is 0.209. The van der Waals surface area contributed by atoms with Crippen molar-refractivity contribution in [1.29, 1.82) is 0 Å². The number of aromatic nitrogens is 1. The Hall–Kier alpha value is -1.90. The Labute approximate surface area is 137 Å². The monoisotopic (exact) mass is 327 g/mol. The number of fused-ring (bicyclic) bond motifs is 3. The Balaban J connectivity index is 1.75. The van der Waals surface area contributed by atoms with Crippen LogP contribution in [0.4, 0.5) is 15.8 Å². The molecule has 5 heteroatoms. The van der Waals surface area contributed by atoms with Crippen LogP contribution in [0.15, 0.2) is 36.4 Å². The van der Waals surface area contributed by atoms with Crippen molar-refractivity contribution in [3.8, 4) is 0 Å². The summed E-state index contributed by atoms with van der Waals surface area (Å²) in [6.07, 6.45) is 1.07. The number of hydrogen-bond donors (Lipinski definition) is 2. The van der Waals surface area contributed by atoms with E-state index in [-0.39, 0.29) is 5.82 Å². The number of nitrogens with one attached hydrogen (secondary N) is 2. The van der Waals surface area contributed by atoms with Crippen molar-refractivity contribution in [2.24, 2.45) is 7.05 Å². The zero-order valence-corrected chi connectivity index (χ0v) is 14.1. The minimum atomic E-state index is -0.209. The van der Waals surface area contributed by atoms with Gasteiger partial charge in [0.05, 0.1) is 0 Å². The smallest absolute Gasteiger partial charge is 0.130 e. The molecule has 0 saturated heterocycles. The molecule has 118 valence electrons. The molecule has 3 aromatic rings. The van der Waals surface area contributed by atoms with Gasteiger partial charge in [-0.05, 0) is 42.0 Å². The molecular weight excluding hydrogens is 308 g/mol. The maximum absolute atomic E-state index is 13.4. The molecule has 1 unspecified atom stereocenters. The number of nitrogens with zero attached hydrogens (tertiary/aromatic N) is 1. The molecule has 1 aliphatic rings. The summed E-state index contributed by atoms with van der Waals surface area (Å²) in [6.45, 7) is 1.96. The Morgan fingerprint density at radius 3 is 2.78 bits per heavy atom. The van der Waals surface area contributed by atoms with Gasteiger partial charge in [-0.3, -0.25) is 0 Å². The standard InChI is InChI=1S/C18H19FN3P/c1-22-16-5-3-11(21-12-2-4-15(19)18(23)9-12)8-13(16)14-10-20-7-6-17(14)22/h2-5,8-9,20-21H,6-7,10,23H2,1H3. The van der Waals surface area contributed by atoms with Gasteiger partial charge in [0.25, 0.3) is 0 Å². The molecule has 0 spiro atoms. The van der Waals surface area contributed by atoms with E-state index in [1.54, 1.807) is 12.1 Å². The Kier molecular flexibility index (Phi) is 3.59. The van der Waals surface area contributed by atoms with E-state index in [0.717, 1.165) is 30.9 Å². The third kappa shape index (κ3) is 2.52. The summed E-state index contributed by atoms with van der Waals surface area (Å²) in [5, 5.41) is 8.67. The van der Waals surface area contributed by atoms with Gasteiger partial charge in [0.2, 0.25) is 0 Å². The summed E-state index contributed by atoms with van der Waals surface area (Å²) >= 11 is 0. The largest absolute Gasteiger partial charge is 0.355 e. The summed E-state index contributed by atoms with van der Waals surface area (Å²) < 4.78 is 15.7. The molecule has 4 rings (SSSR count). The zero-order valence-electron chi connectivity index (χ0n) is 13.0. The molecule has 3 nitrogen and oxygen atoms in total. The predicted octanol–water partition coefficient (Wildman–Crippen LogP) is 3.21. The number of anilines is 2. The van der Waals surface area contributed by atoms with Crippen LogP contribution in [-0.2, 0) is 20.0 Å². The molecule has 0 radical (unpaired) electrons. The van der Waals surface area contributed by atoms with Crippen LogP contribution >= 0.6 is 9.24 Å². The van der Waals surface area contributed by atoms with Gasteiger partial charge in [0.15, 0.2) is 0 Å². The van der Waals surface area contributed by atoms with Crippen molar-refractivity contribution in [2.75, 3.05) is 11.9 Å². The molecule has 2 heterocycles. The van der Waals surface area contributed by atoms with Crippen molar-refractivity contribution in [2.45, 2.75) is 13.0 Å². The van der Waals surface area contributed by atoms with E-state index in [2.05, 4.69) is 49.7 Å². The summed E-state index contributed by atoms with van der Waals surface area (Å²) in [6, 6.07) is 11.5. The Bertz CT molecular complexity index is 901. The molecule has 0 amide bonds. The first-order valence-electron chi connectivity index (χ1n) is 7.76. The van der Waals surface area contributed by atoms with Gasteiger partial charge in [-0.15, -0.1) is 9.24 Å². The summed E-state index contributed by atoms with van der Waals surface area (Å²) in [5.41, 5.74) is 5.98. The van der Waals surface area contributed by atoms with E-state index in [4.69, 9.17) is 0 Å². The molecule has 0 bridgehead atoms. The summed E-state index contributed by atoms with van der Waals surface area (Å²) in [4.78, 5) is 0. The normalized spacial score (nSPS) is 14.0. The van der Waals surface area contributed by atoms with Crippen molar-refractivity contribution >= 4 is 36.8 Å². The number of rotatable bonds is 2. The Morgan fingerprint density at radius 2 is 1.96 bits per heavy atom. The maximum atomic E-state index is 13.4. The SMILES string of the molecule is Cn1c2c(c3cc(Nc4ccc(F)c(P)c4)ccc31)CNCC2. The van der Waals surface area contributed by atoms with Crippen molar-refractivity contribution in [3.63, 3.8) is 0 Å². The first-order valence-corrected chi connectivity index (χ1v) is 8.34. The van der Waals surface area contributed by atoms with Crippen LogP contribution in [0.25, 0.3) is 10.9 Å². The van der Waals surface area contributed by atoms with E-state index in [0.29, 0.717) is 5.30 Å². The Morgan fingerprint density at radius 1 is 1.17 bits per heavy atom. The topological polar surface area (TPSA) is 29.0 Å². The molecule has 1 aliphatic heterocycles. The fourth-order valence-corrected chi connectivity index (χ4v) is 3.65.